The molecule has 0 radical (unpaired) electrons. The normalized spacial score (nSPS) is 19.5. The predicted octanol–water partition coefficient (Wildman–Crippen LogP) is 3.47. The molecule has 30 heavy (non-hydrogen) atoms. The summed E-state index contributed by atoms with van der Waals surface area (Å²) in [6, 6.07) is 7.27. The third kappa shape index (κ3) is 5.20. The van der Waals surface area contributed by atoms with Crippen LogP contribution in [-0.4, -0.2) is 59.3 Å². The highest BCUT2D eigenvalue weighted by Gasteiger charge is 2.38. The van der Waals surface area contributed by atoms with Gasteiger partial charge in [0, 0.05) is 48.6 Å². The molecule has 1 amide bonds. The van der Waals surface area contributed by atoms with Gasteiger partial charge in [-0.3, -0.25) is 9.69 Å². The molecule has 2 aromatic rings. The first-order chi connectivity index (χ1) is 14.6. The topological polar surface area (TPSA) is 80.5 Å². The molecule has 162 valence electrons. The number of benzene rings is 1. The standard InChI is InChI=1S/C22H29ClN4O3/c23-18-6-4-17(5-7-18)21-25-20(30-26-21)9-8-19(28)24-16-22(10-2-1-3-11-22)27-12-14-29-15-13-27/h4-7H,1-3,8-16H2,(H,24,28). The number of carbonyl (C=O) groups is 1. The summed E-state index contributed by atoms with van der Waals surface area (Å²) >= 11 is 5.92. The number of morpholine rings is 1. The SMILES string of the molecule is O=C(CCc1nc(-c2ccc(Cl)cc2)no1)NCC1(N2CCOCC2)CCCCC1. The Morgan fingerprint density at radius 3 is 2.60 bits per heavy atom. The van der Waals surface area contributed by atoms with Crippen LogP contribution < -0.4 is 5.32 Å². The molecule has 1 saturated carbocycles. The average molecular weight is 433 g/mol. The number of nitrogens with one attached hydrogen (secondary N) is 1. The van der Waals surface area contributed by atoms with Gasteiger partial charge in [-0.1, -0.05) is 36.0 Å². The maximum atomic E-state index is 12.5. The summed E-state index contributed by atoms with van der Waals surface area (Å²) in [5.74, 6) is 1.01. The second kappa shape index (κ2) is 9.90. The number of hydrogen-bond donors (Lipinski definition) is 1. The molecule has 0 unspecified atom stereocenters. The Balaban J connectivity index is 1.29. The lowest BCUT2D eigenvalue weighted by molar-refractivity contribution is -0.122. The van der Waals surface area contributed by atoms with Crippen LogP contribution in [0.2, 0.25) is 5.02 Å². The molecule has 2 aliphatic rings. The molecule has 0 bridgehead atoms. The number of halogens is 1. The van der Waals surface area contributed by atoms with Crippen molar-refractivity contribution in [2.24, 2.45) is 0 Å². The zero-order valence-electron chi connectivity index (χ0n) is 17.2. The number of ether oxygens (including phenoxy) is 1. The second-order valence-corrected chi connectivity index (χ2v) is 8.62. The van der Waals surface area contributed by atoms with Crippen LogP contribution in [0.25, 0.3) is 11.4 Å². The molecule has 1 N–H and O–H groups in total. The van der Waals surface area contributed by atoms with Gasteiger partial charge in [0.2, 0.25) is 17.6 Å². The summed E-state index contributed by atoms with van der Waals surface area (Å²) in [4.78, 5) is 19.5. The van der Waals surface area contributed by atoms with Crippen molar-refractivity contribution >= 4 is 17.5 Å². The van der Waals surface area contributed by atoms with E-state index >= 15 is 0 Å². The molecule has 1 aliphatic carbocycles. The van der Waals surface area contributed by atoms with Crippen LogP contribution in [0.15, 0.2) is 28.8 Å². The molecule has 7 nitrogen and oxygen atoms in total. The van der Waals surface area contributed by atoms with E-state index in [1.807, 2.05) is 12.1 Å². The van der Waals surface area contributed by atoms with E-state index in [4.69, 9.17) is 20.9 Å². The van der Waals surface area contributed by atoms with Gasteiger partial charge in [-0.15, -0.1) is 0 Å². The highest BCUT2D eigenvalue weighted by atomic mass is 35.5. The summed E-state index contributed by atoms with van der Waals surface area (Å²) < 4.78 is 10.8. The van der Waals surface area contributed by atoms with Crippen LogP contribution in [0, 0.1) is 0 Å². The molecule has 1 aromatic carbocycles. The van der Waals surface area contributed by atoms with E-state index in [9.17, 15) is 4.79 Å². The number of carbonyl (C=O) groups excluding carboxylic acids is 1. The summed E-state index contributed by atoms with van der Waals surface area (Å²) in [6.07, 6.45) is 6.78. The fourth-order valence-corrected chi connectivity index (χ4v) is 4.62. The molecule has 1 aliphatic heterocycles. The Labute approximate surface area is 182 Å². The van der Waals surface area contributed by atoms with Crippen molar-refractivity contribution in [2.45, 2.75) is 50.5 Å². The van der Waals surface area contributed by atoms with Crippen molar-refractivity contribution in [3.8, 4) is 11.4 Å². The monoisotopic (exact) mass is 432 g/mol. The molecule has 4 rings (SSSR count). The van der Waals surface area contributed by atoms with Crippen LogP contribution in [-0.2, 0) is 16.0 Å². The molecule has 0 atom stereocenters. The maximum absolute atomic E-state index is 12.5. The van der Waals surface area contributed by atoms with Gasteiger partial charge in [0.05, 0.1) is 13.2 Å². The minimum atomic E-state index is 0.0273. The van der Waals surface area contributed by atoms with Crippen molar-refractivity contribution < 1.29 is 14.1 Å². The number of aromatic nitrogens is 2. The van der Waals surface area contributed by atoms with E-state index in [2.05, 4.69) is 20.4 Å². The first-order valence-electron chi connectivity index (χ1n) is 10.8. The van der Waals surface area contributed by atoms with E-state index in [1.165, 1.54) is 19.3 Å². The molecule has 1 aromatic heterocycles. The fraction of sp³-hybridized carbons (Fsp3) is 0.591. The lowest BCUT2D eigenvalue weighted by atomic mass is 9.79. The fourth-order valence-electron chi connectivity index (χ4n) is 4.50. The molecule has 8 heteroatoms. The van der Waals surface area contributed by atoms with Crippen LogP contribution >= 0.6 is 11.6 Å². The number of hydrogen-bond acceptors (Lipinski definition) is 6. The lowest BCUT2D eigenvalue weighted by Gasteiger charge is -2.48. The largest absolute Gasteiger partial charge is 0.379 e. The second-order valence-electron chi connectivity index (χ2n) is 8.18. The van der Waals surface area contributed by atoms with Crippen molar-refractivity contribution in [1.82, 2.24) is 20.4 Å². The molecule has 0 spiro atoms. The highest BCUT2D eigenvalue weighted by molar-refractivity contribution is 6.30. The van der Waals surface area contributed by atoms with Crippen molar-refractivity contribution in [1.29, 1.82) is 0 Å². The lowest BCUT2D eigenvalue weighted by Crippen LogP contribution is -2.59. The van der Waals surface area contributed by atoms with Gasteiger partial charge in [0.15, 0.2) is 0 Å². The summed E-state index contributed by atoms with van der Waals surface area (Å²) in [5.41, 5.74) is 0.910. The predicted molar refractivity (Wildman–Crippen MR) is 114 cm³/mol. The van der Waals surface area contributed by atoms with Gasteiger partial charge in [-0.2, -0.15) is 4.98 Å². The number of nitrogens with zero attached hydrogens (tertiary/aromatic N) is 3. The van der Waals surface area contributed by atoms with E-state index < -0.39 is 0 Å². The Bertz CT molecular complexity index is 827. The molecule has 2 fully saturated rings. The number of rotatable bonds is 7. The van der Waals surface area contributed by atoms with Gasteiger partial charge in [-0.05, 0) is 37.1 Å². The first kappa shape index (κ1) is 21.3. The molecular weight excluding hydrogens is 404 g/mol. The first-order valence-corrected chi connectivity index (χ1v) is 11.2. The molecule has 1 saturated heterocycles. The number of amides is 1. The van der Waals surface area contributed by atoms with E-state index in [1.54, 1.807) is 12.1 Å². The van der Waals surface area contributed by atoms with E-state index in [-0.39, 0.29) is 11.4 Å². The Morgan fingerprint density at radius 1 is 1.13 bits per heavy atom. The zero-order valence-corrected chi connectivity index (χ0v) is 18.0. The minimum absolute atomic E-state index is 0.0273. The zero-order chi connectivity index (χ0) is 20.8. The van der Waals surface area contributed by atoms with Crippen LogP contribution in [0.4, 0.5) is 0 Å². The smallest absolute Gasteiger partial charge is 0.227 e. The van der Waals surface area contributed by atoms with Crippen molar-refractivity contribution in [2.75, 3.05) is 32.8 Å². The minimum Gasteiger partial charge on any atom is -0.379 e. The van der Waals surface area contributed by atoms with Crippen LogP contribution in [0.1, 0.15) is 44.4 Å². The van der Waals surface area contributed by atoms with Gasteiger partial charge < -0.3 is 14.6 Å². The maximum Gasteiger partial charge on any atom is 0.227 e. The van der Waals surface area contributed by atoms with Crippen molar-refractivity contribution in [3.63, 3.8) is 0 Å². The quantitative estimate of drug-likeness (QED) is 0.721. The van der Waals surface area contributed by atoms with Crippen molar-refractivity contribution in [3.05, 3.63) is 35.2 Å². The summed E-state index contributed by atoms with van der Waals surface area (Å²) in [6.45, 7) is 4.16. The van der Waals surface area contributed by atoms with E-state index in [0.717, 1.165) is 44.7 Å². The average Bonchev–Trinajstić information content (AvgIpc) is 3.27. The number of aryl methyl sites for hydroxylation is 1. The Hall–Kier alpha value is -1.96. The third-order valence-corrected chi connectivity index (χ3v) is 6.47. The Morgan fingerprint density at radius 2 is 1.87 bits per heavy atom. The Kier molecular flexibility index (Phi) is 7.02. The van der Waals surface area contributed by atoms with Gasteiger partial charge >= 0.3 is 0 Å². The highest BCUT2D eigenvalue weighted by Crippen LogP contribution is 2.34. The van der Waals surface area contributed by atoms with Crippen LogP contribution in [0.3, 0.4) is 0 Å². The third-order valence-electron chi connectivity index (χ3n) is 6.22. The summed E-state index contributed by atoms with van der Waals surface area (Å²) in [7, 11) is 0. The summed E-state index contributed by atoms with van der Waals surface area (Å²) in [5, 5.41) is 7.85. The van der Waals surface area contributed by atoms with Gasteiger partial charge in [-0.25, -0.2) is 0 Å². The molecular formula is C22H29ClN4O3. The molecule has 2 heterocycles. The van der Waals surface area contributed by atoms with Gasteiger partial charge in [0.1, 0.15) is 0 Å². The van der Waals surface area contributed by atoms with E-state index in [0.29, 0.717) is 36.1 Å². The van der Waals surface area contributed by atoms with Gasteiger partial charge in [0.25, 0.3) is 0 Å². The van der Waals surface area contributed by atoms with Crippen LogP contribution in [0.5, 0.6) is 0 Å².